The molecule has 1 fully saturated rings. The fourth-order valence-electron chi connectivity index (χ4n) is 3.38. The summed E-state index contributed by atoms with van der Waals surface area (Å²) in [4.78, 5) is 2.53. The predicted octanol–water partition coefficient (Wildman–Crippen LogP) is 3.85. The lowest BCUT2D eigenvalue weighted by molar-refractivity contribution is 0.154. The van der Waals surface area contributed by atoms with Crippen LogP contribution in [0.3, 0.4) is 0 Å². The highest BCUT2D eigenvalue weighted by Gasteiger charge is 2.18. The molecular formula is C19H33ClN2O. The Bertz CT molecular complexity index is 457. The molecule has 0 unspecified atom stereocenters. The smallest absolute Gasteiger partial charge is 0.119 e. The van der Waals surface area contributed by atoms with Crippen molar-refractivity contribution in [3.05, 3.63) is 29.3 Å². The second-order valence-electron chi connectivity index (χ2n) is 6.86. The average molecular weight is 341 g/mol. The standard InChI is InChI=1S/C19H32N2O.ClH/c1-15(2)19-6-5-18(13-16(19)3)22-12-11-21-9-7-17(8-10-21)14-20-4;/h5-6,13,15,17,20H,7-12,14H2,1-4H3;1H. The Morgan fingerprint density at radius 2 is 1.96 bits per heavy atom. The van der Waals surface area contributed by atoms with E-state index in [0.717, 1.165) is 31.4 Å². The largest absolute Gasteiger partial charge is 0.492 e. The van der Waals surface area contributed by atoms with E-state index in [-0.39, 0.29) is 12.4 Å². The fraction of sp³-hybridized carbons (Fsp3) is 0.684. The van der Waals surface area contributed by atoms with Crippen molar-refractivity contribution in [3.63, 3.8) is 0 Å². The predicted molar refractivity (Wildman–Crippen MR) is 101 cm³/mol. The molecule has 0 amide bonds. The third-order valence-electron chi connectivity index (χ3n) is 4.74. The molecule has 0 radical (unpaired) electrons. The molecule has 1 aromatic carbocycles. The molecule has 0 atom stereocenters. The van der Waals surface area contributed by atoms with Crippen LogP contribution in [0.1, 0.15) is 43.7 Å². The van der Waals surface area contributed by atoms with E-state index < -0.39 is 0 Å². The molecule has 0 aromatic heterocycles. The van der Waals surface area contributed by atoms with E-state index >= 15 is 0 Å². The van der Waals surface area contributed by atoms with Gasteiger partial charge in [-0.2, -0.15) is 0 Å². The number of likely N-dealkylation sites (tertiary alicyclic amines) is 1. The van der Waals surface area contributed by atoms with E-state index in [2.05, 4.69) is 49.2 Å². The van der Waals surface area contributed by atoms with Gasteiger partial charge in [-0.1, -0.05) is 19.9 Å². The van der Waals surface area contributed by atoms with Gasteiger partial charge in [-0.25, -0.2) is 0 Å². The molecule has 0 aliphatic carbocycles. The summed E-state index contributed by atoms with van der Waals surface area (Å²) in [6, 6.07) is 6.49. The van der Waals surface area contributed by atoms with E-state index in [9.17, 15) is 0 Å². The Hall–Kier alpha value is -0.770. The first-order valence-corrected chi connectivity index (χ1v) is 8.70. The molecular weight excluding hydrogens is 308 g/mol. The Balaban J connectivity index is 0.00000264. The molecule has 23 heavy (non-hydrogen) atoms. The van der Waals surface area contributed by atoms with Crippen LogP contribution in [0, 0.1) is 12.8 Å². The van der Waals surface area contributed by atoms with Crippen LogP contribution in [0.5, 0.6) is 5.75 Å². The lowest BCUT2D eigenvalue weighted by Crippen LogP contribution is -2.38. The van der Waals surface area contributed by atoms with Crippen LogP contribution in [0.15, 0.2) is 18.2 Å². The molecule has 1 aliphatic rings. The first kappa shape index (κ1) is 20.3. The summed E-state index contributed by atoms with van der Waals surface area (Å²) in [5.74, 6) is 2.44. The minimum Gasteiger partial charge on any atom is -0.492 e. The summed E-state index contributed by atoms with van der Waals surface area (Å²) in [5, 5.41) is 3.29. The Morgan fingerprint density at radius 3 is 2.52 bits per heavy atom. The van der Waals surface area contributed by atoms with Gasteiger partial charge in [-0.15, -0.1) is 12.4 Å². The van der Waals surface area contributed by atoms with Crippen molar-refractivity contribution >= 4 is 12.4 Å². The first-order valence-electron chi connectivity index (χ1n) is 8.70. The van der Waals surface area contributed by atoms with E-state index in [0.29, 0.717) is 5.92 Å². The molecule has 4 heteroatoms. The lowest BCUT2D eigenvalue weighted by Gasteiger charge is -2.31. The third kappa shape index (κ3) is 6.33. The molecule has 2 rings (SSSR count). The number of halogens is 1. The molecule has 1 N–H and O–H groups in total. The zero-order valence-corrected chi connectivity index (χ0v) is 15.9. The van der Waals surface area contributed by atoms with Crippen LogP contribution in [-0.2, 0) is 0 Å². The number of aryl methyl sites for hydroxylation is 1. The number of hydrogen-bond acceptors (Lipinski definition) is 3. The Morgan fingerprint density at radius 1 is 1.26 bits per heavy atom. The first-order chi connectivity index (χ1) is 10.6. The van der Waals surface area contributed by atoms with Gasteiger partial charge in [0.1, 0.15) is 12.4 Å². The number of ether oxygens (including phenoxy) is 1. The topological polar surface area (TPSA) is 24.5 Å². The second-order valence-corrected chi connectivity index (χ2v) is 6.86. The molecule has 3 nitrogen and oxygen atoms in total. The van der Waals surface area contributed by atoms with Crippen molar-refractivity contribution in [2.75, 3.05) is 39.8 Å². The monoisotopic (exact) mass is 340 g/mol. The van der Waals surface area contributed by atoms with Gasteiger partial charge in [0.05, 0.1) is 0 Å². The maximum Gasteiger partial charge on any atom is 0.119 e. The molecule has 1 heterocycles. The van der Waals surface area contributed by atoms with Crippen LogP contribution in [0.25, 0.3) is 0 Å². The minimum atomic E-state index is 0. The minimum absolute atomic E-state index is 0. The van der Waals surface area contributed by atoms with E-state index in [1.54, 1.807) is 0 Å². The van der Waals surface area contributed by atoms with Crippen LogP contribution in [-0.4, -0.2) is 44.7 Å². The summed E-state index contributed by atoms with van der Waals surface area (Å²) in [5.41, 5.74) is 2.75. The van der Waals surface area contributed by atoms with Crippen LogP contribution >= 0.6 is 12.4 Å². The molecule has 0 bridgehead atoms. The number of hydrogen-bond donors (Lipinski definition) is 1. The van der Waals surface area contributed by atoms with Crippen molar-refractivity contribution in [2.45, 2.75) is 39.5 Å². The lowest BCUT2D eigenvalue weighted by atomic mass is 9.97. The summed E-state index contributed by atoms with van der Waals surface area (Å²) < 4.78 is 5.94. The molecule has 0 saturated carbocycles. The van der Waals surface area contributed by atoms with Gasteiger partial charge in [0.2, 0.25) is 0 Å². The number of nitrogens with one attached hydrogen (secondary N) is 1. The summed E-state index contributed by atoms with van der Waals surface area (Å²) >= 11 is 0. The number of benzene rings is 1. The maximum absolute atomic E-state index is 5.94. The van der Waals surface area contributed by atoms with E-state index in [1.165, 1.54) is 37.1 Å². The van der Waals surface area contributed by atoms with Gasteiger partial charge in [0.15, 0.2) is 0 Å². The van der Waals surface area contributed by atoms with Crippen molar-refractivity contribution in [2.24, 2.45) is 5.92 Å². The maximum atomic E-state index is 5.94. The van der Waals surface area contributed by atoms with Gasteiger partial charge in [-0.05, 0) is 81.5 Å². The molecule has 132 valence electrons. The van der Waals surface area contributed by atoms with Gasteiger partial charge in [0.25, 0.3) is 0 Å². The zero-order chi connectivity index (χ0) is 15.9. The fourth-order valence-corrected chi connectivity index (χ4v) is 3.38. The van der Waals surface area contributed by atoms with E-state index in [4.69, 9.17) is 4.74 Å². The van der Waals surface area contributed by atoms with Crippen LogP contribution in [0.4, 0.5) is 0 Å². The summed E-state index contributed by atoms with van der Waals surface area (Å²) in [6.07, 6.45) is 2.62. The normalized spacial score (nSPS) is 16.4. The van der Waals surface area contributed by atoms with Crippen LogP contribution < -0.4 is 10.1 Å². The molecule has 1 saturated heterocycles. The van der Waals surface area contributed by atoms with Gasteiger partial charge >= 0.3 is 0 Å². The number of piperidine rings is 1. The zero-order valence-electron chi connectivity index (χ0n) is 15.1. The van der Waals surface area contributed by atoms with Crippen molar-refractivity contribution in [1.29, 1.82) is 0 Å². The van der Waals surface area contributed by atoms with Gasteiger partial charge in [-0.3, -0.25) is 4.90 Å². The quantitative estimate of drug-likeness (QED) is 0.816. The van der Waals surface area contributed by atoms with Crippen LogP contribution in [0.2, 0.25) is 0 Å². The van der Waals surface area contributed by atoms with Crippen molar-refractivity contribution < 1.29 is 4.74 Å². The number of nitrogens with zero attached hydrogens (tertiary/aromatic N) is 1. The summed E-state index contributed by atoms with van der Waals surface area (Å²) in [6.45, 7) is 12.1. The molecule has 0 spiro atoms. The van der Waals surface area contributed by atoms with Gasteiger partial charge < -0.3 is 10.1 Å². The Labute approximate surface area is 148 Å². The van der Waals surface area contributed by atoms with Crippen molar-refractivity contribution in [1.82, 2.24) is 10.2 Å². The summed E-state index contributed by atoms with van der Waals surface area (Å²) in [7, 11) is 2.05. The highest BCUT2D eigenvalue weighted by atomic mass is 35.5. The molecule has 1 aromatic rings. The highest BCUT2D eigenvalue weighted by molar-refractivity contribution is 5.85. The van der Waals surface area contributed by atoms with Crippen molar-refractivity contribution in [3.8, 4) is 5.75 Å². The number of rotatable bonds is 7. The third-order valence-corrected chi connectivity index (χ3v) is 4.74. The Kier molecular flexibility index (Phi) is 8.96. The highest BCUT2D eigenvalue weighted by Crippen LogP contribution is 2.23. The molecule has 1 aliphatic heterocycles. The second kappa shape index (κ2) is 10.2. The average Bonchev–Trinajstić information content (AvgIpc) is 2.49. The van der Waals surface area contributed by atoms with E-state index in [1.807, 2.05) is 7.05 Å². The van der Waals surface area contributed by atoms with Gasteiger partial charge in [0, 0.05) is 6.54 Å². The SMILES string of the molecule is CNCC1CCN(CCOc2ccc(C(C)C)c(C)c2)CC1.Cl.